The molecule has 0 aromatic carbocycles. The highest BCUT2D eigenvalue weighted by Crippen LogP contribution is 2.24. The fourth-order valence-electron chi connectivity index (χ4n) is 1.77. The highest BCUT2D eigenvalue weighted by atomic mass is 35.5. The Bertz CT molecular complexity index is 167. The lowest BCUT2D eigenvalue weighted by Crippen LogP contribution is -2.35. The molecule has 2 aliphatic rings. The lowest BCUT2D eigenvalue weighted by atomic mass is 9.92. The zero-order chi connectivity index (χ0) is 6.97. The maximum atomic E-state index is 5.73. The average Bonchev–Trinajstić information content (AvgIpc) is 2.27. The van der Waals surface area contributed by atoms with Gasteiger partial charge >= 0.3 is 0 Å². The molecule has 56 valence electrons. The van der Waals surface area contributed by atoms with E-state index in [1.165, 1.54) is 25.7 Å². The second-order valence-electron chi connectivity index (χ2n) is 3.02. The van der Waals surface area contributed by atoms with Crippen LogP contribution in [0.5, 0.6) is 0 Å². The van der Waals surface area contributed by atoms with E-state index in [9.17, 15) is 0 Å². The molecule has 1 fully saturated rings. The van der Waals surface area contributed by atoms with Crippen molar-refractivity contribution in [3.63, 3.8) is 0 Å². The van der Waals surface area contributed by atoms with Gasteiger partial charge in [0, 0.05) is 0 Å². The summed E-state index contributed by atoms with van der Waals surface area (Å²) < 4.78 is 0. The van der Waals surface area contributed by atoms with E-state index >= 15 is 0 Å². The number of halogens is 1. The van der Waals surface area contributed by atoms with Crippen LogP contribution in [0.25, 0.3) is 0 Å². The van der Waals surface area contributed by atoms with Gasteiger partial charge in [-0.25, -0.2) is 0 Å². The highest BCUT2D eigenvalue weighted by molar-refractivity contribution is 6.65. The quantitative estimate of drug-likeness (QED) is 0.531. The van der Waals surface area contributed by atoms with Crippen LogP contribution in [0.15, 0.2) is 4.99 Å². The van der Waals surface area contributed by atoms with E-state index in [-0.39, 0.29) is 0 Å². The van der Waals surface area contributed by atoms with Crippen LogP contribution in [0, 0.1) is 0 Å². The molecule has 2 unspecified atom stereocenters. The summed E-state index contributed by atoms with van der Waals surface area (Å²) >= 11 is 5.73. The Morgan fingerprint density at radius 3 is 3.00 bits per heavy atom. The molecule has 2 rings (SSSR count). The van der Waals surface area contributed by atoms with E-state index < -0.39 is 0 Å². The summed E-state index contributed by atoms with van der Waals surface area (Å²) in [5.74, 6) is 0. The average molecular weight is 159 g/mol. The minimum Gasteiger partial charge on any atom is -0.356 e. The van der Waals surface area contributed by atoms with E-state index in [0.717, 1.165) is 0 Å². The zero-order valence-corrected chi connectivity index (χ0v) is 6.56. The van der Waals surface area contributed by atoms with Gasteiger partial charge in [0.15, 0.2) is 5.29 Å². The molecule has 3 heteroatoms. The van der Waals surface area contributed by atoms with Crippen molar-refractivity contribution in [2.45, 2.75) is 37.8 Å². The van der Waals surface area contributed by atoms with E-state index in [1.807, 2.05) is 0 Å². The van der Waals surface area contributed by atoms with Gasteiger partial charge in [0.1, 0.15) is 0 Å². The van der Waals surface area contributed by atoms with Gasteiger partial charge in [0.2, 0.25) is 0 Å². The smallest absolute Gasteiger partial charge is 0.191 e. The predicted octanol–water partition coefficient (Wildman–Crippen LogP) is 1.50. The molecular formula is C7H11ClN2. The summed E-state index contributed by atoms with van der Waals surface area (Å²) in [6, 6.07) is 1.04. The summed E-state index contributed by atoms with van der Waals surface area (Å²) in [6.45, 7) is 0. The van der Waals surface area contributed by atoms with Crippen molar-refractivity contribution in [2.24, 2.45) is 4.99 Å². The van der Waals surface area contributed by atoms with Gasteiger partial charge in [-0.1, -0.05) is 12.8 Å². The van der Waals surface area contributed by atoms with E-state index in [1.54, 1.807) is 0 Å². The second kappa shape index (κ2) is 2.42. The van der Waals surface area contributed by atoms with Crippen LogP contribution in [0.2, 0.25) is 0 Å². The van der Waals surface area contributed by atoms with Crippen molar-refractivity contribution in [1.29, 1.82) is 0 Å². The maximum absolute atomic E-state index is 5.73. The molecule has 1 saturated carbocycles. The molecule has 0 aromatic heterocycles. The minimum absolute atomic E-state index is 0.487. The first kappa shape index (κ1) is 6.47. The Morgan fingerprint density at radius 1 is 1.40 bits per heavy atom. The second-order valence-corrected chi connectivity index (χ2v) is 3.38. The van der Waals surface area contributed by atoms with Crippen LogP contribution in [-0.4, -0.2) is 17.4 Å². The largest absolute Gasteiger partial charge is 0.356 e. The first-order valence-corrected chi connectivity index (χ1v) is 4.24. The molecule has 0 aromatic rings. The van der Waals surface area contributed by atoms with Crippen LogP contribution in [0.3, 0.4) is 0 Å². The van der Waals surface area contributed by atoms with Gasteiger partial charge in [0.05, 0.1) is 12.1 Å². The molecule has 0 spiro atoms. The lowest BCUT2D eigenvalue weighted by molar-refractivity contribution is 0.385. The Hall–Kier alpha value is -0.240. The standard InChI is InChI=1S/C7H11ClN2/c8-7-9-5-3-1-2-4-6(5)10-7/h5-6H,1-4H2,(H,9,10). The Labute approximate surface area is 65.7 Å². The number of rotatable bonds is 0. The van der Waals surface area contributed by atoms with Gasteiger partial charge in [-0.15, -0.1) is 0 Å². The normalized spacial score (nSPS) is 38.3. The number of nitrogens with one attached hydrogen (secondary N) is 1. The molecule has 1 aliphatic carbocycles. The van der Waals surface area contributed by atoms with Crippen molar-refractivity contribution in [2.75, 3.05) is 0 Å². The maximum Gasteiger partial charge on any atom is 0.191 e. The van der Waals surface area contributed by atoms with Crippen molar-refractivity contribution in [1.82, 2.24) is 5.32 Å². The van der Waals surface area contributed by atoms with Crippen LogP contribution in [-0.2, 0) is 0 Å². The molecular weight excluding hydrogens is 148 g/mol. The number of hydrogen-bond donors (Lipinski definition) is 1. The third kappa shape index (κ3) is 1.01. The van der Waals surface area contributed by atoms with Crippen molar-refractivity contribution >= 4 is 16.9 Å². The topological polar surface area (TPSA) is 24.4 Å². The SMILES string of the molecule is ClC1=NC2CCCCC2N1. The third-order valence-electron chi connectivity index (χ3n) is 2.31. The van der Waals surface area contributed by atoms with Crippen LogP contribution in [0.4, 0.5) is 0 Å². The first-order chi connectivity index (χ1) is 4.86. The van der Waals surface area contributed by atoms with Gasteiger partial charge in [-0.05, 0) is 24.4 Å². The molecule has 10 heavy (non-hydrogen) atoms. The number of hydrogen-bond acceptors (Lipinski definition) is 2. The summed E-state index contributed by atoms with van der Waals surface area (Å²) in [7, 11) is 0. The fourth-order valence-corrected chi connectivity index (χ4v) is 2.04. The van der Waals surface area contributed by atoms with E-state index in [2.05, 4.69) is 10.3 Å². The van der Waals surface area contributed by atoms with E-state index in [0.29, 0.717) is 17.4 Å². The van der Waals surface area contributed by atoms with Gasteiger partial charge < -0.3 is 5.32 Å². The van der Waals surface area contributed by atoms with Crippen molar-refractivity contribution in [3.05, 3.63) is 0 Å². The van der Waals surface area contributed by atoms with Crippen LogP contribution in [0.1, 0.15) is 25.7 Å². The summed E-state index contributed by atoms with van der Waals surface area (Å²) in [5.41, 5.74) is 0. The predicted molar refractivity (Wildman–Crippen MR) is 42.5 cm³/mol. The first-order valence-electron chi connectivity index (χ1n) is 3.86. The fraction of sp³-hybridized carbons (Fsp3) is 0.857. The minimum atomic E-state index is 0.487. The molecule has 0 amide bonds. The van der Waals surface area contributed by atoms with Gasteiger partial charge in [0.25, 0.3) is 0 Å². The highest BCUT2D eigenvalue weighted by Gasteiger charge is 2.29. The zero-order valence-electron chi connectivity index (χ0n) is 5.81. The number of amidine groups is 1. The Balaban J connectivity index is 2.06. The summed E-state index contributed by atoms with van der Waals surface area (Å²) in [5, 5.41) is 3.79. The molecule has 1 heterocycles. The van der Waals surface area contributed by atoms with Crippen molar-refractivity contribution in [3.8, 4) is 0 Å². The third-order valence-corrected chi connectivity index (χ3v) is 2.52. The van der Waals surface area contributed by atoms with Crippen LogP contribution < -0.4 is 5.32 Å². The summed E-state index contributed by atoms with van der Waals surface area (Å²) in [4.78, 5) is 4.28. The molecule has 1 aliphatic heterocycles. The molecule has 0 saturated heterocycles. The lowest BCUT2D eigenvalue weighted by Gasteiger charge is -2.22. The molecule has 1 N–H and O–H groups in total. The van der Waals surface area contributed by atoms with E-state index in [4.69, 9.17) is 11.6 Å². The molecule has 2 nitrogen and oxygen atoms in total. The summed E-state index contributed by atoms with van der Waals surface area (Å²) in [6.07, 6.45) is 5.10. The molecule has 0 radical (unpaired) electrons. The van der Waals surface area contributed by atoms with Crippen LogP contribution >= 0.6 is 11.6 Å². The monoisotopic (exact) mass is 158 g/mol. The number of nitrogens with zero attached hydrogens (tertiary/aromatic N) is 1. The van der Waals surface area contributed by atoms with Gasteiger partial charge in [-0.3, -0.25) is 4.99 Å². The van der Waals surface area contributed by atoms with Gasteiger partial charge in [-0.2, -0.15) is 0 Å². The van der Waals surface area contributed by atoms with Crippen molar-refractivity contribution < 1.29 is 0 Å². The number of aliphatic imine (C=N–C) groups is 1. The number of fused-ring (bicyclic) bond motifs is 1. The Kier molecular flexibility index (Phi) is 1.57. The molecule has 0 bridgehead atoms. The Morgan fingerprint density at radius 2 is 2.20 bits per heavy atom. The molecule has 2 atom stereocenters.